The van der Waals surface area contributed by atoms with E-state index in [0.29, 0.717) is 5.56 Å². The van der Waals surface area contributed by atoms with Gasteiger partial charge in [-0.05, 0) is 0 Å². The standard InChI is InChI=1S/C15H14IO2/c1-2-11-7-9-12(10-8-11)16-14-6-4-3-5-13(14)15(17)18/h3-10H,2H2,1H3,(H,17,18)/q-1. The minimum atomic E-state index is -0.838. The average molecular weight is 353 g/mol. The fourth-order valence-corrected chi connectivity index (χ4v) is 4.10. The SMILES string of the molecule is CCc1ccc([I-]c2ccccc2C(=O)O)cc1. The van der Waals surface area contributed by atoms with E-state index in [-0.39, 0.29) is 0 Å². The molecule has 0 amide bonds. The fraction of sp³-hybridized carbons (Fsp3) is 0.133. The number of benzene rings is 2. The van der Waals surface area contributed by atoms with Crippen molar-refractivity contribution in [3.63, 3.8) is 0 Å². The number of carboxylic acids is 1. The van der Waals surface area contributed by atoms with E-state index in [0.717, 1.165) is 9.99 Å². The van der Waals surface area contributed by atoms with E-state index in [1.165, 1.54) is 9.13 Å². The summed E-state index contributed by atoms with van der Waals surface area (Å²) in [6, 6.07) is 15.8. The van der Waals surface area contributed by atoms with Crippen LogP contribution in [0, 0.1) is 7.14 Å². The third kappa shape index (κ3) is 3.10. The molecule has 0 saturated carbocycles. The predicted octanol–water partition coefficient (Wildman–Crippen LogP) is 0.0756. The van der Waals surface area contributed by atoms with Gasteiger partial charge >= 0.3 is 117 Å². The summed E-state index contributed by atoms with van der Waals surface area (Å²) in [5, 5.41) is 9.14. The molecule has 0 unspecified atom stereocenters. The molecule has 18 heavy (non-hydrogen) atoms. The van der Waals surface area contributed by atoms with Gasteiger partial charge in [-0.3, -0.25) is 0 Å². The van der Waals surface area contributed by atoms with E-state index in [9.17, 15) is 4.79 Å². The molecule has 0 fully saturated rings. The quantitative estimate of drug-likeness (QED) is 0.791. The van der Waals surface area contributed by atoms with Crippen molar-refractivity contribution >= 4 is 5.97 Å². The van der Waals surface area contributed by atoms with Crippen LogP contribution in [0.3, 0.4) is 0 Å². The Kier molecular flexibility index (Phi) is 4.36. The Morgan fingerprint density at radius 1 is 1.11 bits per heavy atom. The molecular formula is C15H14IO2-. The second-order valence-electron chi connectivity index (χ2n) is 3.86. The molecule has 0 atom stereocenters. The topological polar surface area (TPSA) is 37.3 Å². The Bertz CT molecular complexity index is 547. The molecule has 3 heteroatoms. The molecule has 2 aromatic carbocycles. The number of hydrogen-bond acceptors (Lipinski definition) is 1. The van der Waals surface area contributed by atoms with Crippen molar-refractivity contribution in [3.05, 3.63) is 66.8 Å². The van der Waals surface area contributed by atoms with Crippen LogP contribution < -0.4 is 21.2 Å². The Morgan fingerprint density at radius 2 is 1.78 bits per heavy atom. The van der Waals surface area contributed by atoms with Crippen LogP contribution in [0.5, 0.6) is 0 Å². The van der Waals surface area contributed by atoms with Crippen molar-refractivity contribution in [3.8, 4) is 0 Å². The molecule has 2 rings (SSSR count). The van der Waals surface area contributed by atoms with E-state index in [1.807, 2.05) is 12.1 Å². The van der Waals surface area contributed by atoms with Gasteiger partial charge in [0.25, 0.3) is 0 Å². The van der Waals surface area contributed by atoms with Crippen molar-refractivity contribution in [2.24, 2.45) is 0 Å². The molecule has 0 saturated heterocycles. The molecule has 0 radical (unpaired) electrons. The van der Waals surface area contributed by atoms with Gasteiger partial charge in [0.2, 0.25) is 0 Å². The number of carbonyl (C=O) groups is 1. The van der Waals surface area contributed by atoms with Gasteiger partial charge in [-0.1, -0.05) is 0 Å². The Labute approximate surface area is 117 Å². The summed E-state index contributed by atoms with van der Waals surface area (Å²) in [6.45, 7) is 2.13. The van der Waals surface area contributed by atoms with Crippen LogP contribution in [0.2, 0.25) is 0 Å². The maximum absolute atomic E-state index is 11.1. The third-order valence-corrected chi connectivity index (χ3v) is 5.50. The van der Waals surface area contributed by atoms with Gasteiger partial charge in [0.1, 0.15) is 0 Å². The number of aryl methyl sites for hydroxylation is 1. The Morgan fingerprint density at radius 3 is 2.39 bits per heavy atom. The molecule has 0 bridgehead atoms. The molecule has 0 aliphatic heterocycles. The van der Waals surface area contributed by atoms with Gasteiger partial charge in [-0.2, -0.15) is 0 Å². The summed E-state index contributed by atoms with van der Waals surface area (Å²) >= 11 is -0.425. The second kappa shape index (κ2) is 6.00. The van der Waals surface area contributed by atoms with E-state index < -0.39 is 27.2 Å². The van der Waals surface area contributed by atoms with Crippen LogP contribution in [0.1, 0.15) is 22.8 Å². The normalized spacial score (nSPS) is 10.5. The number of halogens is 1. The molecule has 0 heterocycles. The summed E-state index contributed by atoms with van der Waals surface area (Å²) in [7, 11) is 0. The molecule has 2 nitrogen and oxygen atoms in total. The first-order chi connectivity index (χ1) is 8.70. The van der Waals surface area contributed by atoms with Gasteiger partial charge in [-0.25, -0.2) is 0 Å². The third-order valence-electron chi connectivity index (χ3n) is 2.64. The van der Waals surface area contributed by atoms with Gasteiger partial charge in [0, 0.05) is 0 Å². The average Bonchev–Trinajstić information content (AvgIpc) is 2.40. The van der Waals surface area contributed by atoms with Crippen LogP contribution in [-0.2, 0) is 6.42 Å². The summed E-state index contributed by atoms with van der Waals surface area (Å²) < 4.78 is 2.22. The molecule has 94 valence electrons. The number of hydrogen-bond donors (Lipinski definition) is 1. The second-order valence-corrected chi connectivity index (χ2v) is 6.81. The Balaban J connectivity index is 2.25. The van der Waals surface area contributed by atoms with Crippen LogP contribution in [-0.4, -0.2) is 11.1 Å². The molecule has 2 aromatic rings. The van der Waals surface area contributed by atoms with Crippen molar-refractivity contribution in [1.29, 1.82) is 0 Å². The number of aromatic carboxylic acids is 1. The first-order valence-electron chi connectivity index (χ1n) is 5.77. The zero-order valence-corrected chi connectivity index (χ0v) is 12.2. The van der Waals surface area contributed by atoms with E-state index in [2.05, 4.69) is 31.2 Å². The van der Waals surface area contributed by atoms with Crippen LogP contribution in [0.25, 0.3) is 0 Å². The molecule has 0 aromatic heterocycles. The summed E-state index contributed by atoms with van der Waals surface area (Å²) in [4.78, 5) is 11.1. The van der Waals surface area contributed by atoms with Gasteiger partial charge in [0.15, 0.2) is 0 Å². The Hall–Kier alpha value is -1.36. The van der Waals surface area contributed by atoms with Crippen LogP contribution in [0.4, 0.5) is 0 Å². The number of carboxylic acid groups (broad SMARTS) is 1. The number of rotatable bonds is 4. The molecule has 0 aliphatic rings. The predicted molar refractivity (Wildman–Crippen MR) is 66.6 cm³/mol. The van der Waals surface area contributed by atoms with Crippen molar-refractivity contribution < 1.29 is 31.1 Å². The van der Waals surface area contributed by atoms with Crippen LogP contribution >= 0.6 is 0 Å². The molecular weight excluding hydrogens is 339 g/mol. The van der Waals surface area contributed by atoms with Crippen molar-refractivity contribution in [1.82, 2.24) is 0 Å². The van der Waals surface area contributed by atoms with Crippen LogP contribution in [0.15, 0.2) is 48.5 Å². The first kappa shape index (κ1) is 13.1. The molecule has 0 aliphatic carbocycles. The van der Waals surface area contributed by atoms with Gasteiger partial charge in [-0.15, -0.1) is 0 Å². The van der Waals surface area contributed by atoms with E-state index in [4.69, 9.17) is 5.11 Å². The van der Waals surface area contributed by atoms with Gasteiger partial charge in [0.05, 0.1) is 0 Å². The fourth-order valence-electron chi connectivity index (χ4n) is 1.62. The summed E-state index contributed by atoms with van der Waals surface area (Å²) in [5.41, 5.74) is 1.75. The summed E-state index contributed by atoms with van der Waals surface area (Å²) in [5.74, 6) is -0.838. The monoisotopic (exact) mass is 353 g/mol. The van der Waals surface area contributed by atoms with E-state index in [1.54, 1.807) is 12.1 Å². The zero-order chi connectivity index (χ0) is 13.0. The molecule has 0 spiro atoms. The van der Waals surface area contributed by atoms with Crippen molar-refractivity contribution in [2.45, 2.75) is 13.3 Å². The molecule has 1 N–H and O–H groups in total. The maximum atomic E-state index is 11.1. The van der Waals surface area contributed by atoms with Crippen molar-refractivity contribution in [2.75, 3.05) is 0 Å². The van der Waals surface area contributed by atoms with E-state index >= 15 is 0 Å². The summed E-state index contributed by atoms with van der Waals surface area (Å²) in [6.07, 6.45) is 1.03. The zero-order valence-electron chi connectivity index (χ0n) is 10.1. The first-order valence-corrected chi connectivity index (χ1v) is 7.92. The minimum absolute atomic E-state index is 0.425. The van der Waals surface area contributed by atoms with Gasteiger partial charge < -0.3 is 0 Å².